The number of nitrogens with zero attached hydrogens (tertiary/aromatic N) is 3. The zero-order chi connectivity index (χ0) is 19.3. The molecule has 2 aromatic heterocycles. The summed E-state index contributed by atoms with van der Waals surface area (Å²) in [6.07, 6.45) is 10.7. The molecule has 3 N–H and O–H groups in total. The van der Waals surface area contributed by atoms with E-state index in [-0.39, 0.29) is 0 Å². The zero-order valence-electron chi connectivity index (χ0n) is 15.7. The SMILES string of the molecule is N/C(=C\C=N/CNC1CCCC1)c1c(-c2cccc(Cl)c2)nn2ccccc12. The molecule has 0 saturated heterocycles. The first-order valence-corrected chi connectivity index (χ1v) is 10.0. The Morgan fingerprint density at radius 1 is 1.25 bits per heavy atom. The summed E-state index contributed by atoms with van der Waals surface area (Å²) in [7, 11) is 0. The fraction of sp³-hybridized carbons (Fsp3) is 0.273. The molecular formula is C22H24ClN5. The molecule has 4 rings (SSSR count). The first-order valence-electron chi connectivity index (χ1n) is 9.65. The lowest BCUT2D eigenvalue weighted by Gasteiger charge is -2.08. The van der Waals surface area contributed by atoms with Crippen LogP contribution in [0.2, 0.25) is 5.02 Å². The Bertz CT molecular complexity index is 1010. The second-order valence-corrected chi connectivity index (χ2v) is 7.50. The highest BCUT2D eigenvalue weighted by atomic mass is 35.5. The molecule has 0 amide bonds. The van der Waals surface area contributed by atoms with Gasteiger partial charge in [-0.3, -0.25) is 10.3 Å². The minimum absolute atomic E-state index is 0.604. The average Bonchev–Trinajstić information content (AvgIpc) is 3.35. The van der Waals surface area contributed by atoms with Crippen LogP contribution >= 0.6 is 11.6 Å². The van der Waals surface area contributed by atoms with Gasteiger partial charge in [-0.05, 0) is 43.2 Å². The molecule has 1 fully saturated rings. The van der Waals surface area contributed by atoms with Crippen LogP contribution in [-0.4, -0.2) is 28.5 Å². The minimum atomic E-state index is 0.604. The summed E-state index contributed by atoms with van der Waals surface area (Å²) < 4.78 is 1.84. The topological polar surface area (TPSA) is 67.7 Å². The number of aromatic nitrogens is 2. The summed E-state index contributed by atoms with van der Waals surface area (Å²) in [5.74, 6) is 0. The second-order valence-electron chi connectivity index (χ2n) is 7.06. The highest BCUT2D eigenvalue weighted by molar-refractivity contribution is 6.30. The molecule has 0 radical (unpaired) electrons. The molecule has 144 valence electrons. The van der Waals surface area contributed by atoms with Gasteiger partial charge in [0.05, 0.1) is 17.7 Å². The van der Waals surface area contributed by atoms with Crippen molar-refractivity contribution in [3.05, 3.63) is 65.3 Å². The fourth-order valence-corrected chi connectivity index (χ4v) is 3.89. The van der Waals surface area contributed by atoms with Crippen LogP contribution in [0.4, 0.5) is 0 Å². The van der Waals surface area contributed by atoms with Crippen LogP contribution in [0, 0.1) is 0 Å². The Morgan fingerprint density at radius 2 is 2.11 bits per heavy atom. The van der Waals surface area contributed by atoms with E-state index in [0.717, 1.165) is 22.3 Å². The number of nitrogens with one attached hydrogen (secondary N) is 1. The molecule has 1 aliphatic carbocycles. The highest BCUT2D eigenvalue weighted by Gasteiger charge is 2.16. The van der Waals surface area contributed by atoms with Gasteiger partial charge in [0.1, 0.15) is 5.69 Å². The van der Waals surface area contributed by atoms with Crippen molar-refractivity contribution in [2.45, 2.75) is 31.7 Å². The number of hydrogen-bond acceptors (Lipinski definition) is 4. The van der Waals surface area contributed by atoms with Crippen molar-refractivity contribution in [3.63, 3.8) is 0 Å². The molecule has 2 heterocycles. The van der Waals surface area contributed by atoms with Crippen molar-refractivity contribution < 1.29 is 0 Å². The Balaban J connectivity index is 1.61. The van der Waals surface area contributed by atoms with Gasteiger partial charge in [0, 0.05) is 34.7 Å². The normalized spacial score (nSPS) is 15.8. The van der Waals surface area contributed by atoms with Crippen LogP contribution in [0.5, 0.6) is 0 Å². The van der Waals surface area contributed by atoms with Crippen LogP contribution in [0.15, 0.2) is 59.7 Å². The molecule has 0 spiro atoms. The molecule has 1 aliphatic rings. The molecule has 0 aliphatic heterocycles. The number of hydrogen-bond donors (Lipinski definition) is 2. The van der Waals surface area contributed by atoms with Gasteiger partial charge in [-0.25, -0.2) is 4.52 Å². The number of allylic oxidation sites excluding steroid dienone is 1. The summed E-state index contributed by atoms with van der Waals surface area (Å²) in [5, 5.41) is 8.86. The van der Waals surface area contributed by atoms with Crippen molar-refractivity contribution in [2.24, 2.45) is 10.7 Å². The van der Waals surface area contributed by atoms with Crippen LogP contribution in [0.1, 0.15) is 31.2 Å². The first-order chi connectivity index (χ1) is 13.7. The monoisotopic (exact) mass is 393 g/mol. The van der Waals surface area contributed by atoms with Crippen molar-refractivity contribution in [3.8, 4) is 11.3 Å². The van der Waals surface area contributed by atoms with E-state index in [1.807, 2.05) is 59.3 Å². The quantitative estimate of drug-likeness (QED) is 0.605. The van der Waals surface area contributed by atoms with Crippen LogP contribution in [-0.2, 0) is 0 Å². The van der Waals surface area contributed by atoms with Gasteiger partial charge < -0.3 is 5.73 Å². The van der Waals surface area contributed by atoms with Crippen molar-refractivity contribution in [1.29, 1.82) is 0 Å². The van der Waals surface area contributed by atoms with Gasteiger partial charge in [0.2, 0.25) is 0 Å². The van der Waals surface area contributed by atoms with Crippen LogP contribution in [0.25, 0.3) is 22.5 Å². The Labute approximate surface area is 169 Å². The summed E-state index contributed by atoms with van der Waals surface area (Å²) in [6.45, 7) is 0.615. The number of aliphatic imine (C=N–C) groups is 1. The highest BCUT2D eigenvalue weighted by Crippen LogP contribution is 2.31. The van der Waals surface area contributed by atoms with Gasteiger partial charge in [-0.1, -0.05) is 42.6 Å². The van der Waals surface area contributed by atoms with E-state index in [4.69, 9.17) is 22.4 Å². The lowest BCUT2D eigenvalue weighted by molar-refractivity contribution is 0.537. The maximum Gasteiger partial charge on any atom is 0.103 e. The summed E-state index contributed by atoms with van der Waals surface area (Å²) in [4.78, 5) is 4.44. The molecule has 5 nitrogen and oxygen atoms in total. The molecule has 1 saturated carbocycles. The largest absolute Gasteiger partial charge is 0.398 e. The number of halogens is 1. The molecule has 28 heavy (non-hydrogen) atoms. The van der Waals surface area contributed by atoms with E-state index in [2.05, 4.69) is 10.3 Å². The van der Waals surface area contributed by atoms with Gasteiger partial charge in [0.15, 0.2) is 0 Å². The van der Waals surface area contributed by atoms with Gasteiger partial charge in [-0.15, -0.1) is 0 Å². The molecular weight excluding hydrogens is 370 g/mol. The van der Waals surface area contributed by atoms with E-state index in [9.17, 15) is 0 Å². The average molecular weight is 394 g/mol. The summed E-state index contributed by atoms with van der Waals surface area (Å²) in [6, 6.07) is 14.2. The van der Waals surface area contributed by atoms with Crippen molar-refractivity contribution in [2.75, 3.05) is 6.67 Å². The van der Waals surface area contributed by atoms with E-state index in [0.29, 0.717) is 23.4 Å². The molecule has 3 aromatic rings. The molecule has 1 aromatic carbocycles. The number of benzene rings is 1. The van der Waals surface area contributed by atoms with Crippen molar-refractivity contribution >= 4 is 29.0 Å². The fourth-order valence-electron chi connectivity index (χ4n) is 3.70. The molecule has 0 atom stereocenters. The third-order valence-electron chi connectivity index (χ3n) is 5.11. The number of pyridine rings is 1. The summed E-state index contributed by atoms with van der Waals surface area (Å²) in [5.41, 5.74) is 10.6. The smallest absolute Gasteiger partial charge is 0.103 e. The Hall–Kier alpha value is -2.63. The predicted molar refractivity (Wildman–Crippen MR) is 117 cm³/mol. The molecule has 6 heteroatoms. The lowest BCUT2D eigenvalue weighted by atomic mass is 10.0. The van der Waals surface area contributed by atoms with E-state index in [1.54, 1.807) is 6.21 Å². The Morgan fingerprint density at radius 3 is 2.93 bits per heavy atom. The van der Waals surface area contributed by atoms with E-state index < -0.39 is 0 Å². The molecule has 0 bridgehead atoms. The van der Waals surface area contributed by atoms with E-state index in [1.165, 1.54) is 25.7 Å². The Kier molecular flexibility index (Phi) is 5.74. The van der Waals surface area contributed by atoms with E-state index >= 15 is 0 Å². The maximum atomic E-state index is 6.45. The zero-order valence-corrected chi connectivity index (χ0v) is 16.4. The second kappa shape index (κ2) is 8.59. The lowest BCUT2D eigenvalue weighted by Crippen LogP contribution is -2.25. The minimum Gasteiger partial charge on any atom is -0.398 e. The van der Waals surface area contributed by atoms with Crippen LogP contribution < -0.4 is 11.1 Å². The number of fused-ring (bicyclic) bond motifs is 1. The predicted octanol–water partition coefficient (Wildman–Crippen LogP) is 4.51. The summed E-state index contributed by atoms with van der Waals surface area (Å²) >= 11 is 6.19. The third-order valence-corrected chi connectivity index (χ3v) is 5.35. The van der Waals surface area contributed by atoms with Gasteiger partial charge in [0.25, 0.3) is 0 Å². The first kappa shape index (κ1) is 18.7. The third kappa shape index (κ3) is 4.11. The number of rotatable bonds is 6. The van der Waals surface area contributed by atoms with Crippen molar-refractivity contribution in [1.82, 2.24) is 14.9 Å². The maximum absolute atomic E-state index is 6.45. The van der Waals surface area contributed by atoms with Gasteiger partial charge in [-0.2, -0.15) is 5.10 Å². The molecule has 0 unspecified atom stereocenters. The van der Waals surface area contributed by atoms with Crippen LogP contribution in [0.3, 0.4) is 0 Å². The number of nitrogens with two attached hydrogens (primary N) is 1. The standard InChI is InChI=1S/C22H24ClN5/c23-17-7-5-6-16(14-17)22-21(20-10-3-4-13-28(20)27-22)19(24)11-12-25-15-26-18-8-1-2-9-18/h3-7,10-14,18,26H,1-2,8-9,15,24H2/b19-11-,25-12-. The van der Waals surface area contributed by atoms with Gasteiger partial charge >= 0.3 is 0 Å².